The van der Waals surface area contributed by atoms with E-state index in [-0.39, 0.29) is 6.10 Å². The van der Waals surface area contributed by atoms with Gasteiger partial charge >= 0.3 is 0 Å². The normalized spacial score (nSPS) is 62.0. The van der Waals surface area contributed by atoms with Gasteiger partial charge in [0.15, 0.2) is 0 Å². The van der Waals surface area contributed by atoms with E-state index in [1.165, 1.54) is 44.9 Å². The third-order valence-corrected chi connectivity index (χ3v) is 8.66. The Morgan fingerprint density at radius 1 is 0.905 bits per heavy atom. The van der Waals surface area contributed by atoms with Gasteiger partial charge in [-0.15, -0.1) is 0 Å². The van der Waals surface area contributed by atoms with E-state index < -0.39 is 0 Å². The summed E-state index contributed by atoms with van der Waals surface area (Å²) in [7, 11) is 0. The molecule has 0 amide bonds. The van der Waals surface area contributed by atoms with Crippen LogP contribution >= 0.6 is 0 Å². The standard InChI is InChI=1S/C19H30O2/c1-18-6-4-13-8-14-9-15(20)3-2-12(14)10-16(13)17(18)5-7-19(18)11-21-19/h12-17,20H,2-11H2,1H3/t12-,13?,14?,15?,16+,17?,18-,19+/m1/s1. The van der Waals surface area contributed by atoms with Crippen molar-refractivity contribution in [2.75, 3.05) is 6.61 Å². The Hall–Kier alpha value is -0.0800. The van der Waals surface area contributed by atoms with E-state index in [1.54, 1.807) is 0 Å². The third-order valence-electron chi connectivity index (χ3n) is 8.66. The summed E-state index contributed by atoms with van der Waals surface area (Å²) >= 11 is 0. The molecule has 4 unspecified atom stereocenters. The number of hydrogen-bond acceptors (Lipinski definition) is 2. The Morgan fingerprint density at radius 3 is 2.57 bits per heavy atom. The molecule has 0 aromatic rings. The number of aliphatic hydroxyl groups is 1. The molecule has 1 aliphatic heterocycles. The molecule has 0 aromatic heterocycles. The molecule has 4 saturated carbocycles. The summed E-state index contributed by atoms with van der Waals surface area (Å²) in [6.07, 6.45) is 12.0. The summed E-state index contributed by atoms with van der Waals surface area (Å²) in [5.74, 6) is 4.64. The first-order chi connectivity index (χ1) is 10.1. The first kappa shape index (κ1) is 13.4. The van der Waals surface area contributed by atoms with Crippen molar-refractivity contribution in [3.8, 4) is 0 Å². The van der Waals surface area contributed by atoms with Crippen molar-refractivity contribution >= 4 is 0 Å². The summed E-state index contributed by atoms with van der Waals surface area (Å²) in [5.41, 5.74) is 0.803. The lowest BCUT2D eigenvalue weighted by Gasteiger charge is -2.54. The fourth-order valence-electron chi connectivity index (χ4n) is 7.31. The number of rotatable bonds is 0. The first-order valence-corrected chi connectivity index (χ1v) is 9.43. The van der Waals surface area contributed by atoms with Gasteiger partial charge in [0.2, 0.25) is 0 Å². The minimum Gasteiger partial charge on any atom is -0.393 e. The summed E-state index contributed by atoms with van der Waals surface area (Å²) in [4.78, 5) is 0. The smallest absolute Gasteiger partial charge is 0.0972 e. The van der Waals surface area contributed by atoms with E-state index in [0.717, 1.165) is 49.0 Å². The summed E-state index contributed by atoms with van der Waals surface area (Å²) < 4.78 is 6.00. The molecular formula is C19H30O2. The quantitative estimate of drug-likeness (QED) is 0.689. The molecule has 0 bridgehead atoms. The zero-order chi connectivity index (χ0) is 14.2. The van der Waals surface area contributed by atoms with Crippen molar-refractivity contribution in [3.05, 3.63) is 0 Å². The van der Waals surface area contributed by atoms with E-state index in [0.29, 0.717) is 11.0 Å². The second-order valence-electron chi connectivity index (χ2n) is 9.27. The van der Waals surface area contributed by atoms with Crippen LogP contribution in [0.5, 0.6) is 0 Å². The first-order valence-electron chi connectivity index (χ1n) is 9.43. The maximum absolute atomic E-state index is 10.00. The number of ether oxygens (including phenoxy) is 1. The zero-order valence-corrected chi connectivity index (χ0v) is 13.4. The van der Waals surface area contributed by atoms with Gasteiger partial charge in [0.25, 0.3) is 0 Å². The van der Waals surface area contributed by atoms with Crippen LogP contribution in [0.1, 0.15) is 64.7 Å². The molecule has 5 fully saturated rings. The molecule has 1 N–H and O–H groups in total. The largest absolute Gasteiger partial charge is 0.393 e. The van der Waals surface area contributed by atoms with Crippen LogP contribution in [0.4, 0.5) is 0 Å². The second-order valence-corrected chi connectivity index (χ2v) is 9.27. The summed E-state index contributed by atoms with van der Waals surface area (Å²) in [6.45, 7) is 3.61. The minimum absolute atomic E-state index is 0.00581. The average Bonchev–Trinajstić information content (AvgIpc) is 3.20. The second kappa shape index (κ2) is 4.26. The third kappa shape index (κ3) is 1.72. The van der Waals surface area contributed by atoms with Crippen molar-refractivity contribution in [2.45, 2.75) is 76.4 Å². The average molecular weight is 290 g/mol. The lowest BCUT2D eigenvalue weighted by atomic mass is 9.51. The van der Waals surface area contributed by atoms with E-state index in [1.807, 2.05) is 0 Å². The van der Waals surface area contributed by atoms with Crippen molar-refractivity contribution in [1.29, 1.82) is 0 Å². The minimum atomic E-state index is 0.00581. The molecule has 5 rings (SSSR count). The number of epoxide rings is 1. The lowest BCUT2D eigenvalue weighted by molar-refractivity contribution is -0.0661. The molecule has 2 nitrogen and oxygen atoms in total. The molecule has 1 heterocycles. The Bertz CT molecular complexity index is 443. The fraction of sp³-hybridized carbons (Fsp3) is 1.00. The Balaban J connectivity index is 1.40. The lowest BCUT2D eigenvalue weighted by Crippen LogP contribution is -2.49. The molecule has 0 radical (unpaired) electrons. The van der Waals surface area contributed by atoms with Crippen LogP contribution in [-0.2, 0) is 4.74 Å². The van der Waals surface area contributed by atoms with E-state index >= 15 is 0 Å². The Morgan fingerprint density at radius 2 is 1.76 bits per heavy atom. The molecule has 8 atom stereocenters. The topological polar surface area (TPSA) is 32.8 Å². The van der Waals surface area contributed by atoms with Gasteiger partial charge < -0.3 is 9.84 Å². The highest BCUT2D eigenvalue weighted by molar-refractivity contribution is 5.17. The van der Waals surface area contributed by atoms with Crippen molar-refractivity contribution in [3.63, 3.8) is 0 Å². The summed E-state index contributed by atoms with van der Waals surface area (Å²) in [6, 6.07) is 0. The molecular weight excluding hydrogens is 260 g/mol. The SMILES string of the molecule is C[C@@]12CCC3CC4CC(O)CC[C@@H]4C[C@@H]3C1CC[C@]21CO1. The van der Waals surface area contributed by atoms with E-state index in [4.69, 9.17) is 4.74 Å². The van der Waals surface area contributed by atoms with Crippen molar-refractivity contribution in [2.24, 2.45) is 35.0 Å². The van der Waals surface area contributed by atoms with Gasteiger partial charge in [-0.1, -0.05) is 6.92 Å². The highest BCUT2D eigenvalue weighted by atomic mass is 16.6. The van der Waals surface area contributed by atoms with Crippen LogP contribution in [0.2, 0.25) is 0 Å². The van der Waals surface area contributed by atoms with Gasteiger partial charge in [-0.2, -0.15) is 0 Å². The molecule has 5 aliphatic rings. The van der Waals surface area contributed by atoms with Crippen LogP contribution in [0.25, 0.3) is 0 Å². The fourth-order valence-corrected chi connectivity index (χ4v) is 7.31. The Labute approximate surface area is 128 Å². The number of aliphatic hydroxyl groups excluding tert-OH is 1. The zero-order valence-electron chi connectivity index (χ0n) is 13.4. The molecule has 1 saturated heterocycles. The molecule has 1 spiro atoms. The van der Waals surface area contributed by atoms with Crippen molar-refractivity contribution in [1.82, 2.24) is 0 Å². The summed E-state index contributed by atoms with van der Waals surface area (Å²) in [5, 5.41) is 10.00. The van der Waals surface area contributed by atoms with E-state index in [9.17, 15) is 5.11 Å². The maximum Gasteiger partial charge on any atom is 0.0972 e. The molecule has 0 aromatic carbocycles. The highest BCUT2D eigenvalue weighted by Gasteiger charge is 2.68. The van der Waals surface area contributed by atoms with Gasteiger partial charge in [-0.25, -0.2) is 0 Å². The van der Waals surface area contributed by atoms with Gasteiger partial charge in [0.1, 0.15) is 0 Å². The number of hydrogen-bond donors (Lipinski definition) is 1. The van der Waals surface area contributed by atoms with Crippen LogP contribution in [0.3, 0.4) is 0 Å². The van der Waals surface area contributed by atoms with Crippen LogP contribution in [-0.4, -0.2) is 23.4 Å². The predicted octanol–water partition coefficient (Wildman–Crippen LogP) is 3.77. The highest BCUT2D eigenvalue weighted by Crippen LogP contribution is 2.68. The van der Waals surface area contributed by atoms with Crippen LogP contribution in [0.15, 0.2) is 0 Å². The predicted molar refractivity (Wildman–Crippen MR) is 81.8 cm³/mol. The van der Waals surface area contributed by atoms with Gasteiger partial charge in [0.05, 0.1) is 18.3 Å². The Kier molecular flexibility index (Phi) is 2.71. The van der Waals surface area contributed by atoms with Crippen LogP contribution < -0.4 is 0 Å². The molecule has 4 aliphatic carbocycles. The van der Waals surface area contributed by atoms with Crippen molar-refractivity contribution < 1.29 is 9.84 Å². The van der Waals surface area contributed by atoms with Gasteiger partial charge in [-0.3, -0.25) is 0 Å². The molecule has 2 heteroatoms. The van der Waals surface area contributed by atoms with E-state index in [2.05, 4.69) is 6.92 Å². The molecule has 21 heavy (non-hydrogen) atoms. The van der Waals surface area contributed by atoms with Gasteiger partial charge in [-0.05, 0) is 87.4 Å². The maximum atomic E-state index is 10.00. The van der Waals surface area contributed by atoms with Gasteiger partial charge in [0, 0.05) is 5.41 Å². The monoisotopic (exact) mass is 290 g/mol. The molecule has 118 valence electrons. The van der Waals surface area contributed by atoms with Crippen LogP contribution in [0, 0.1) is 35.0 Å². The number of fused-ring (bicyclic) bond motifs is 5.